The van der Waals surface area contributed by atoms with Gasteiger partial charge in [0.25, 0.3) is 5.91 Å². The second kappa shape index (κ2) is 6.73. The summed E-state index contributed by atoms with van der Waals surface area (Å²) in [6.45, 7) is 4.30. The quantitative estimate of drug-likeness (QED) is 0.937. The first-order valence-electron chi connectivity index (χ1n) is 8.27. The van der Waals surface area contributed by atoms with E-state index in [1.54, 1.807) is 29.8 Å². The van der Waals surface area contributed by atoms with Crippen LogP contribution >= 0.6 is 0 Å². The van der Waals surface area contributed by atoms with Crippen molar-refractivity contribution < 1.29 is 14.3 Å². The maximum Gasteiger partial charge on any atom is 0.274 e. The van der Waals surface area contributed by atoms with Crippen LogP contribution in [0, 0.1) is 12.7 Å². The molecular weight excluding hydrogens is 309 g/mol. The highest BCUT2D eigenvalue weighted by molar-refractivity contribution is 5.93. The van der Waals surface area contributed by atoms with Crippen LogP contribution in [-0.4, -0.2) is 44.4 Å². The molecule has 0 aliphatic carbocycles. The Hall–Kier alpha value is -2.21. The van der Waals surface area contributed by atoms with Crippen LogP contribution in [0.15, 0.2) is 30.3 Å². The van der Waals surface area contributed by atoms with Crippen LogP contribution in [0.5, 0.6) is 0 Å². The number of nitrogens with zero attached hydrogens (tertiary/aromatic N) is 3. The Morgan fingerprint density at radius 2 is 2.12 bits per heavy atom. The minimum atomic E-state index is -0.429. The standard InChI is InChI=1S/C18H22FN3O2/c1-12-10-17(20-22(12)15-7-5-14(19)6-8-15)18(24)21-9-3-4-16(21)11-13(2)23/h5-8,10,13,16,23H,3-4,9,11H2,1-2H3. The van der Waals surface area contributed by atoms with Crippen LogP contribution < -0.4 is 0 Å². The molecule has 1 aromatic heterocycles. The molecule has 0 spiro atoms. The lowest BCUT2D eigenvalue weighted by molar-refractivity contribution is 0.0676. The largest absolute Gasteiger partial charge is 0.393 e. The van der Waals surface area contributed by atoms with Crippen molar-refractivity contribution in [1.82, 2.24) is 14.7 Å². The Morgan fingerprint density at radius 1 is 1.42 bits per heavy atom. The zero-order chi connectivity index (χ0) is 17.3. The number of halogens is 1. The molecule has 0 saturated carbocycles. The van der Waals surface area contributed by atoms with E-state index >= 15 is 0 Å². The molecule has 2 heterocycles. The van der Waals surface area contributed by atoms with Crippen LogP contribution in [-0.2, 0) is 0 Å². The smallest absolute Gasteiger partial charge is 0.274 e. The van der Waals surface area contributed by atoms with Crippen LogP contribution in [0.2, 0.25) is 0 Å². The fourth-order valence-corrected chi connectivity index (χ4v) is 3.31. The summed E-state index contributed by atoms with van der Waals surface area (Å²) < 4.78 is 14.7. The fourth-order valence-electron chi connectivity index (χ4n) is 3.31. The van der Waals surface area contributed by atoms with Crippen LogP contribution in [0.3, 0.4) is 0 Å². The van der Waals surface area contributed by atoms with E-state index in [1.165, 1.54) is 12.1 Å². The zero-order valence-electron chi connectivity index (χ0n) is 13.9. The predicted molar refractivity (Wildman–Crippen MR) is 88.6 cm³/mol. The van der Waals surface area contributed by atoms with Crippen molar-refractivity contribution in [3.05, 3.63) is 47.5 Å². The first-order valence-corrected chi connectivity index (χ1v) is 8.27. The van der Waals surface area contributed by atoms with E-state index in [-0.39, 0.29) is 17.8 Å². The van der Waals surface area contributed by atoms with E-state index < -0.39 is 6.10 Å². The molecule has 2 unspecified atom stereocenters. The number of aromatic nitrogens is 2. The first kappa shape index (κ1) is 16.6. The van der Waals surface area contributed by atoms with Gasteiger partial charge in [0.15, 0.2) is 5.69 Å². The molecule has 0 radical (unpaired) electrons. The number of aliphatic hydroxyl groups excluding tert-OH is 1. The number of amides is 1. The van der Waals surface area contributed by atoms with Gasteiger partial charge in [-0.2, -0.15) is 5.10 Å². The van der Waals surface area contributed by atoms with Gasteiger partial charge in [0, 0.05) is 18.3 Å². The van der Waals surface area contributed by atoms with E-state index in [9.17, 15) is 14.3 Å². The second-order valence-electron chi connectivity index (χ2n) is 6.44. The lowest BCUT2D eigenvalue weighted by atomic mass is 10.1. The number of aliphatic hydroxyl groups is 1. The molecule has 1 N–H and O–H groups in total. The van der Waals surface area contributed by atoms with E-state index in [0.29, 0.717) is 18.7 Å². The van der Waals surface area contributed by atoms with Crippen LogP contribution in [0.4, 0.5) is 4.39 Å². The Kier molecular flexibility index (Phi) is 4.66. The number of rotatable bonds is 4. The molecule has 128 valence electrons. The summed E-state index contributed by atoms with van der Waals surface area (Å²) >= 11 is 0. The summed E-state index contributed by atoms with van der Waals surface area (Å²) in [5, 5.41) is 14.0. The SMILES string of the molecule is Cc1cc(C(=O)N2CCCC2CC(C)O)nn1-c1ccc(F)cc1. The summed E-state index contributed by atoms with van der Waals surface area (Å²) in [5.74, 6) is -0.417. The molecule has 0 bridgehead atoms. The zero-order valence-corrected chi connectivity index (χ0v) is 13.9. The highest BCUT2D eigenvalue weighted by Gasteiger charge is 2.31. The molecule has 1 aliphatic heterocycles. The maximum absolute atomic E-state index is 13.1. The third-order valence-corrected chi connectivity index (χ3v) is 4.43. The van der Waals surface area contributed by atoms with Gasteiger partial charge in [-0.25, -0.2) is 9.07 Å². The minimum Gasteiger partial charge on any atom is -0.393 e. The van der Waals surface area contributed by atoms with Crippen molar-refractivity contribution in [2.24, 2.45) is 0 Å². The second-order valence-corrected chi connectivity index (χ2v) is 6.44. The lowest BCUT2D eigenvalue weighted by Crippen LogP contribution is -2.37. The van der Waals surface area contributed by atoms with Crippen molar-refractivity contribution in [2.75, 3.05) is 6.54 Å². The number of carbonyl (C=O) groups excluding carboxylic acids is 1. The molecule has 2 aromatic rings. The molecule has 1 fully saturated rings. The van der Waals surface area contributed by atoms with E-state index in [2.05, 4.69) is 5.10 Å². The molecule has 24 heavy (non-hydrogen) atoms. The first-order chi connectivity index (χ1) is 11.5. The van der Waals surface area contributed by atoms with Gasteiger partial charge in [-0.3, -0.25) is 4.79 Å². The summed E-state index contributed by atoms with van der Waals surface area (Å²) in [6.07, 6.45) is 2.01. The Bertz CT molecular complexity index is 724. The summed E-state index contributed by atoms with van der Waals surface area (Å²) in [7, 11) is 0. The van der Waals surface area contributed by atoms with Crippen molar-refractivity contribution in [3.8, 4) is 5.69 Å². The molecule has 3 rings (SSSR count). The third kappa shape index (κ3) is 3.33. The van der Waals surface area contributed by atoms with E-state index in [0.717, 1.165) is 24.2 Å². The number of hydrogen-bond donors (Lipinski definition) is 1. The normalized spacial score (nSPS) is 18.8. The van der Waals surface area contributed by atoms with Crippen molar-refractivity contribution in [1.29, 1.82) is 0 Å². The van der Waals surface area contributed by atoms with Gasteiger partial charge in [0.2, 0.25) is 0 Å². The van der Waals surface area contributed by atoms with Gasteiger partial charge in [0.05, 0.1) is 11.8 Å². The van der Waals surface area contributed by atoms with Gasteiger partial charge in [-0.15, -0.1) is 0 Å². The van der Waals surface area contributed by atoms with Crippen LogP contribution in [0.1, 0.15) is 42.4 Å². The monoisotopic (exact) mass is 331 g/mol. The number of benzene rings is 1. The fraction of sp³-hybridized carbons (Fsp3) is 0.444. The summed E-state index contributed by atoms with van der Waals surface area (Å²) in [4.78, 5) is 14.6. The topological polar surface area (TPSA) is 58.4 Å². The predicted octanol–water partition coefficient (Wildman–Crippen LogP) is 2.70. The van der Waals surface area contributed by atoms with E-state index in [1.807, 2.05) is 11.8 Å². The van der Waals surface area contributed by atoms with Gasteiger partial charge < -0.3 is 10.0 Å². The highest BCUT2D eigenvalue weighted by atomic mass is 19.1. The van der Waals surface area contributed by atoms with Gasteiger partial charge in [-0.05, 0) is 63.4 Å². The molecule has 1 amide bonds. The Morgan fingerprint density at radius 3 is 2.79 bits per heavy atom. The number of aryl methyl sites for hydroxylation is 1. The van der Waals surface area contributed by atoms with Crippen molar-refractivity contribution >= 4 is 5.91 Å². The molecule has 2 atom stereocenters. The lowest BCUT2D eigenvalue weighted by Gasteiger charge is -2.24. The van der Waals surface area contributed by atoms with Crippen molar-refractivity contribution in [2.45, 2.75) is 45.3 Å². The molecule has 1 aromatic carbocycles. The summed E-state index contributed by atoms with van der Waals surface area (Å²) in [6, 6.07) is 7.83. The molecule has 5 nitrogen and oxygen atoms in total. The number of likely N-dealkylation sites (tertiary alicyclic amines) is 1. The highest BCUT2D eigenvalue weighted by Crippen LogP contribution is 2.24. The molecule has 1 saturated heterocycles. The summed E-state index contributed by atoms with van der Waals surface area (Å²) in [5.41, 5.74) is 1.92. The molecule has 1 aliphatic rings. The number of carbonyl (C=O) groups is 1. The Labute approximate surface area is 140 Å². The van der Waals surface area contributed by atoms with Gasteiger partial charge in [0.1, 0.15) is 5.82 Å². The van der Waals surface area contributed by atoms with Crippen LogP contribution in [0.25, 0.3) is 5.69 Å². The van der Waals surface area contributed by atoms with Crippen molar-refractivity contribution in [3.63, 3.8) is 0 Å². The molecular formula is C18H22FN3O2. The van der Waals surface area contributed by atoms with Gasteiger partial charge >= 0.3 is 0 Å². The minimum absolute atomic E-state index is 0.0637. The molecule has 6 heteroatoms. The Balaban J connectivity index is 1.83. The number of hydrogen-bond acceptors (Lipinski definition) is 3. The third-order valence-electron chi connectivity index (χ3n) is 4.43. The van der Waals surface area contributed by atoms with E-state index in [4.69, 9.17) is 0 Å². The van der Waals surface area contributed by atoms with Gasteiger partial charge in [-0.1, -0.05) is 0 Å². The average molecular weight is 331 g/mol. The average Bonchev–Trinajstić information content (AvgIpc) is 3.14. The maximum atomic E-state index is 13.1.